The normalized spacial score (nSPS) is 12.9. The Kier molecular flexibility index (Phi) is 30.4. The molecule has 0 aromatic heterocycles. The average Bonchev–Trinajstić information content (AvgIpc) is 3.03. The van der Waals surface area contributed by atoms with Crippen molar-refractivity contribution in [1.29, 1.82) is 0 Å². The van der Waals surface area contributed by atoms with Crippen LogP contribution in [-0.4, -0.2) is 36.8 Å². The van der Waals surface area contributed by atoms with Crippen LogP contribution in [0.3, 0.4) is 0 Å². The first-order valence-corrected chi connectivity index (χ1v) is 34.8. The zero-order chi connectivity index (χ0) is 32.1. The molecule has 0 bridgehead atoms. The van der Waals surface area contributed by atoms with Gasteiger partial charge < -0.3 is 0 Å². The summed E-state index contributed by atoms with van der Waals surface area (Å²) in [5.41, 5.74) is 1.55. The zero-order valence-corrected chi connectivity index (χ0v) is 37.0. The maximum absolute atomic E-state index is 4.29. The van der Waals surface area contributed by atoms with E-state index >= 15 is 0 Å². The predicted octanol–water partition coefficient (Wildman–Crippen LogP) is 15.2. The Labute approximate surface area is 282 Å². The van der Waals surface area contributed by atoms with Gasteiger partial charge in [0.25, 0.3) is 0 Å². The fourth-order valence-electron chi connectivity index (χ4n) is 6.91. The van der Waals surface area contributed by atoms with Gasteiger partial charge in [0.2, 0.25) is 0 Å². The van der Waals surface area contributed by atoms with E-state index in [0.29, 0.717) is 0 Å². The van der Waals surface area contributed by atoms with E-state index < -0.39 is 36.8 Å². The minimum absolute atomic E-state index is 1.23. The van der Waals surface area contributed by atoms with Crippen molar-refractivity contribution < 1.29 is 0 Å². The van der Waals surface area contributed by atoms with Gasteiger partial charge >= 0.3 is 285 Å². The van der Waals surface area contributed by atoms with Crippen molar-refractivity contribution in [3.63, 3.8) is 0 Å². The molecule has 0 aliphatic heterocycles. The number of rotatable bonds is 29. The van der Waals surface area contributed by atoms with Crippen LogP contribution in [0.5, 0.6) is 0 Å². The Balaban J connectivity index is 6.72. The SMILES string of the molecule is CCCC/C=[C](/C/C=C(\C#[C][Sn]([CH2]CCC)([CH2]CCC)[CH2]CCC)CCCCCC)[Sn]([CH2]CCC)([CH2]CCC)[CH2]CCC. The predicted molar refractivity (Wildman–Crippen MR) is 207 cm³/mol. The molecule has 0 atom stereocenters. The molecule has 0 N–H and O–H groups in total. The van der Waals surface area contributed by atoms with Gasteiger partial charge in [0.05, 0.1) is 0 Å². The molecule has 0 rings (SSSR count). The van der Waals surface area contributed by atoms with Crippen LogP contribution in [0.15, 0.2) is 21.3 Å². The number of unbranched alkanes of at least 4 members (excludes halogenated alkanes) is 11. The fraction of sp³-hybridized carbons (Fsp3) is 0.854. The molecular formula is C41H80Sn2. The number of allylic oxidation sites excluding steroid dienone is 4. The first-order chi connectivity index (χ1) is 21.0. The summed E-state index contributed by atoms with van der Waals surface area (Å²) in [7, 11) is 0. The van der Waals surface area contributed by atoms with E-state index in [1.54, 1.807) is 18.9 Å². The van der Waals surface area contributed by atoms with Crippen molar-refractivity contribution in [2.75, 3.05) is 0 Å². The maximum atomic E-state index is 4.29. The van der Waals surface area contributed by atoms with Gasteiger partial charge in [-0.15, -0.1) is 0 Å². The van der Waals surface area contributed by atoms with Crippen LogP contribution in [0, 0.1) is 9.86 Å². The summed E-state index contributed by atoms with van der Waals surface area (Å²) in [5.74, 6) is 4.07. The van der Waals surface area contributed by atoms with E-state index in [2.05, 4.69) is 77.4 Å². The average molecular weight is 811 g/mol. The Morgan fingerprint density at radius 2 is 0.907 bits per heavy atom. The van der Waals surface area contributed by atoms with Crippen LogP contribution in [0.1, 0.15) is 190 Å². The number of hydrogen-bond acceptors (Lipinski definition) is 0. The van der Waals surface area contributed by atoms with Crippen molar-refractivity contribution in [2.24, 2.45) is 0 Å². The van der Waals surface area contributed by atoms with Crippen LogP contribution in [0.2, 0.25) is 26.6 Å². The number of hydrogen-bond donors (Lipinski definition) is 0. The Morgan fingerprint density at radius 3 is 1.35 bits per heavy atom. The summed E-state index contributed by atoms with van der Waals surface area (Å²) in [6.07, 6.45) is 34.2. The molecule has 0 nitrogen and oxygen atoms in total. The molecule has 0 aliphatic rings. The van der Waals surface area contributed by atoms with E-state index in [9.17, 15) is 0 Å². The van der Waals surface area contributed by atoms with Crippen molar-refractivity contribution in [3.8, 4) is 9.86 Å². The Morgan fingerprint density at radius 1 is 0.465 bits per heavy atom. The minimum atomic E-state index is -2.46. The second-order valence-corrected chi connectivity index (χ2v) is 39.8. The molecule has 252 valence electrons. The van der Waals surface area contributed by atoms with Crippen LogP contribution in [0.4, 0.5) is 0 Å². The molecule has 0 fully saturated rings. The third-order valence-corrected chi connectivity index (χ3v) is 39.4. The fourth-order valence-corrected chi connectivity index (χ4v) is 37.0. The third kappa shape index (κ3) is 20.5. The van der Waals surface area contributed by atoms with Gasteiger partial charge in [0.1, 0.15) is 0 Å². The second-order valence-electron chi connectivity index (χ2n) is 14.0. The summed E-state index contributed by atoms with van der Waals surface area (Å²) in [4.78, 5) is 0. The molecule has 0 aromatic rings. The second kappa shape index (κ2) is 30.0. The van der Waals surface area contributed by atoms with Crippen molar-refractivity contribution in [3.05, 3.63) is 21.3 Å². The molecule has 0 radical (unpaired) electrons. The Hall–Kier alpha value is 0.637. The van der Waals surface area contributed by atoms with Crippen LogP contribution >= 0.6 is 0 Å². The first kappa shape index (κ1) is 43.6. The van der Waals surface area contributed by atoms with Gasteiger partial charge in [-0.3, -0.25) is 0 Å². The zero-order valence-electron chi connectivity index (χ0n) is 31.2. The van der Waals surface area contributed by atoms with Gasteiger partial charge in [0, 0.05) is 0 Å². The van der Waals surface area contributed by atoms with E-state index in [-0.39, 0.29) is 0 Å². The molecule has 0 amide bonds. The van der Waals surface area contributed by atoms with Crippen LogP contribution < -0.4 is 0 Å². The summed E-state index contributed by atoms with van der Waals surface area (Å²) >= 11 is -4.91. The summed E-state index contributed by atoms with van der Waals surface area (Å²) < 4.78 is 15.6. The summed E-state index contributed by atoms with van der Waals surface area (Å²) in [5, 5.41) is 0. The molecule has 0 spiro atoms. The molecule has 2 heteroatoms. The van der Waals surface area contributed by atoms with E-state index in [1.807, 2.05) is 3.59 Å². The quantitative estimate of drug-likeness (QED) is 0.0401. The van der Waals surface area contributed by atoms with Gasteiger partial charge in [-0.25, -0.2) is 0 Å². The van der Waals surface area contributed by atoms with E-state index in [0.717, 1.165) is 0 Å². The Bertz CT molecular complexity index is 706. The molecule has 0 aliphatic carbocycles. The van der Waals surface area contributed by atoms with Crippen molar-refractivity contribution >= 4 is 36.8 Å². The molecule has 0 aromatic carbocycles. The van der Waals surface area contributed by atoms with Crippen molar-refractivity contribution in [2.45, 2.75) is 217 Å². The van der Waals surface area contributed by atoms with Gasteiger partial charge in [-0.2, -0.15) is 0 Å². The van der Waals surface area contributed by atoms with Crippen molar-refractivity contribution in [1.82, 2.24) is 0 Å². The van der Waals surface area contributed by atoms with Gasteiger partial charge in [-0.05, 0) is 0 Å². The summed E-state index contributed by atoms with van der Waals surface area (Å²) in [6, 6.07) is 0. The van der Waals surface area contributed by atoms with Crippen LogP contribution in [0.25, 0.3) is 0 Å². The monoisotopic (exact) mass is 812 g/mol. The molecule has 0 saturated carbocycles. The topological polar surface area (TPSA) is 0 Å². The molecule has 0 saturated heterocycles. The van der Waals surface area contributed by atoms with Crippen LogP contribution in [-0.2, 0) is 0 Å². The molecule has 43 heavy (non-hydrogen) atoms. The van der Waals surface area contributed by atoms with Gasteiger partial charge in [-0.1, -0.05) is 0 Å². The third-order valence-electron chi connectivity index (χ3n) is 10.0. The van der Waals surface area contributed by atoms with E-state index in [4.69, 9.17) is 0 Å². The molecular weight excluding hydrogens is 730 g/mol. The van der Waals surface area contributed by atoms with Gasteiger partial charge in [0.15, 0.2) is 0 Å². The summed E-state index contributed by atoms with van der Waals surface area (Å²) in [6.45, 7) is 19.2. The standard InChI is InChI=1S/C17H26.6C4H9.2Sn/c1-4-7-9-11-12-14-16-17(6-3)15-13-10-8-5-2;6*1-3-4-2;;/h11,16H,4-5,7-10,13-15H2,1-2H3;6*1,3-4H2,2H3;;/b12-11?,17-16+;;;;;;;;. The van der Waals surface area contributed by atoms with E-state index in [1.165, 1.54) is 148 Å². The first-order valence-electron chi connectivity index (χ1n) is 19.9. The molecule has 0 heterocycles. The molecule has 0 unspecified atom stereocenters.